The molecular formula is C20H27N3. The van der Waals surface area contributed by atoms with Crippen LogP contribution in [0.1, 0.15) is 23.6 Å². The molecule has 1 aliphatic heterocycles. The molecule has 0 N–H and O–H groups in total. The number of likely N-dealkylation sites (N-methyl/N-ethyl adjacent to an activating group) is 1. The minimum absolute atomic E-state index is 1.00. The minimum Gasteiger partial charge on any atom is -0.301 e. The van der Waals surface area contributed by atoms with Crippen LogP contribution >= 0.6 is 0 Å². The van der Waals surface area contributed by atoms with Crippen molar-refractivity contribution in [1.82, 2.24) is 14.8 Å². The lowest BCUT2D eigenvalue weighted by Gasteiger charge is -2.34. The number of hydrogen-bond donors (Lipinski definition) is 0. The first-order valence-corrected chi connectivity index (χ1v) is 8.62. The normalized spacial score (nSPS) is 16.7. The quantitative estimate of drug-likeness (QED) is 0.861. The van der Waals surface area contributed by atoms with Gasteiger partial charge in [-0.25, -0.2) is 0 Å². The van der Waals surface area contributed by atoms with Gasteiger partial charge in [0.1, 0.15) is 0 Å². The molecule has 0 bridgehead atoms. The van der Waals surface area contributed by atoms with Gasteiger partial charge in [-0.3, -0.25) is 9.88 Å². The van der Waals surface area contributed by atoms with Crippen molar-refractivity contribution in [2.24, 2.45) is 0 Å². The lowest BCUT2D eigenvalue weighted by Crippen LogP contribution is -2.45. The molecule has 1 saturated heterocycles. The van der Waals surface area contributed by atoms with Gasteiger partial charge in [-0.1, -0.05) is 30.7 Å². The van der Waals surface area contributed by atoms with E-state index in [1.807, 2.05) is 12.4 Å². The molecule has 122 valence electrons. The van der Waals surface area contributed by atoms with Crippen molar-refractivity contribution in [3.63, 3.8) is 0 Å². The van der Waals surface area contributed by atoms with E-state index in [0.29, 0.717) is 0 Å². The van der Waals surface area contributed by atoms with Crippen LogP contribution in [0.3, 0.4) is 0 Å². The van der Waals surface area contributed by atoms with Crippen molar-refractivity contribution in [3.8, 4) is 11.1 Å². The fourth-order valence-corrected chi connectivity index (χ4v) is 3.29. The van der Waals surface area contributed by atoms with Gasteiger partial charge in [0, 0.05) is 50.7 Å². The summed E-state index contributed by atoms with van der Waals surface area (Å²) >= 11 is 0. The van der Waals surface area contributed by atoms with E-state index >= 15 is 0 Å². The van der Waals surface area contributed by atoms with Crippen LogP contribution in [0.5, 0.6) is 0 Å². The molecule has 0 spiro atoms. The first kappa shape index (κ1) is 16.2. The van der Waals surface area contributed by atoms with Crippen LogP contribution in [-0.4, -0.2) is 47.5 Å². The highest BCUT2D eigenvalue weighted by Crippen LogP contribution is 2.25. The minimum atomic E-state index is 1.00. The van der Waals surface area contributed by atoms with E-state index in [-0.39, 0.29) is 0 Å². The van der Waals surface area contributed by atoms with Crippen LogP contribution in [0.25, 0.3) is 11.1 Å². The number of aryl methyl sites for hydroxylation is 2. The summed E-state index contributed by atoms with van der Waals surface area (Å²) in [4.78, 5) is 9.54. The summed E-state index contributed by atoms with van der Waals surface area (Å²) in [6.07, 6.45) is 4.00. The molecule has 0 amide bonds. The van der Waals surface area contributed by atoms with Crippen molar-refractivity contribution in [3.05, 3.63) is 53.3 Å². The molecule has 23 heavy (non-hydrogen) atoms. The summed E-state index contributed by atoms with van der Waals surface area (Å²) < 4.78 is 0. The first-order valence-electron chi connectivity index (χ1n) is 8.62. The third-order valence-corrected chi connectivity index (χ3v) is 4.82. The smallest absolute Gasteiger partial charge is 0.0346 e. The van der Waals surface area contributed by atoms with E-state index in [1.165, 1.54) is 40.9 Å². The molecule has 0 unspecified atom stereocenters. The molecule has 0 radical (unpaired) electrons. The van der Waals surface area contributed by atoms with E-state index < -0.39 is 0 Å². The number of piperazine rings is 1. The van der Waals surface area contributed by atoms with Gasteiger partial charge < -0.3 is 4.90 Å². The van der Waals surface area contributed by atoms with Crippen LogP contribution in [-0.2, 0) is 6.54 Å². The molecule has 2 aromatic rings. The summed E-state index contributed by atoms with van der Waals surface area (Å²) in [6, 6.07) is 8.93. The lowest BCUT2D eigenvalue weighted by molar-refractivity contribution is 0.132. The Bertz CT molecular complexity index is 658. The predicted molar refractivity (Wildman–Crippen MR) is 96.5 cm³/mol. The monoisotopic (exact) mass is 309 g/mol. The Labute approximate surface area is 140 Å². The summed E-state index contributed by atoms with van der Waals surface area (Å²) in [5.41, 5.74) is 6.46. The average molecular weight is 309 g/mol. The second kappa shape index (κ2) is 7.24. The SMILES string of the molecule is CCN1CCN(Cc2cncc(-c3cc(C)ccc3C)c2)CC1. The number of pyridine rings is 1. The highest BCUT2D eigenvalue weighted by atomic mass is 15.3. The fraction of sp³-hybridized carbons (Fsp3) is 0.450. The second-order valence-corrected chi connectivity index (χ2v) is 6.61. The molecule has 1 fully saturated rings. The third-order valence-electron chi connectivity index (χ3n) is 4.82. The molecule has 3 rings (SSSR count). The van der Waals surface area contributed by atoms with E-state index in [4.69, 9.17) is 0 Å². The van der Waals surface area contributed by atoms with Gasteiger partial charge in [0.25, 0.3) is 0 Å². The summed E-state index contributed by atoms with van der Waals surface area (Å²) in [5, 5.41) is 0. The summed E-state index contributed by atoms with van der Waals surface area (Å²) in [5.74, 6) is 0. The maximum atomic E-state index is 4.49. The highest BCUT2D eigenvalue weighted by molar-refractivity contribution is 5.67. The number of nitrogens with zero attached hydrogens (tertiary/aromatic N) is 3. The highest BCUT2D eigenvalue weighted by Gasteiger charge is 2.15. The van der Waals surface area contributed by atoms with Gasteiger partial charge in [-0.05, 0) is 43.1 Å². The molecule has 0 atom stereocenters. The largest absolute Gasteiger partial charge is 0.301 e. The Kier molecular flexibility index (Phi) is 5.09. The Morgan fingerprint density at radius 1 is 0.957 bits per heavy atom. The molecule has 2 heterocycles. The van der Waals surface area contributed by atoms with E-state index in [1.54, 1.807) is 0 Å². The number of hydrogen-bond acceptors (Lipinski definition) is 3. The molecule has 0 aliphatic carbocycles. The molecule has 1 aliphatic rings. The fourth-order valence-electron chi connectivity index (χ4n) is 3.29. The average Bonchev–Trinajstić information content (AvgIpc) is 2.58. The second-order valence-electron chi connectivity index (χ2n) is 6.61. The number of aromatic nitrogens is 1. The summed E-state index contributed by atoms with van der Waals surface area (Å²) in [6.45, 7) is 13.4. The zero-order valence-electron chi connectivity index (χ0n) is 14.5. The molecule has 1 aromatic heterocycles. The van der Waals surface area contributed by atoms with Crippen LogP contribution in [0.4, 0.5) is 0 Å². The zero-order chi connectivity index (χ0) is 16.2. The van der Waals surface area contributed by atoms with Crippen molar-refractivity contribution in [1.29, 1.82) is 0 Å². The van der Waals surface area contributed by atoms with Gasteiger partial charge in [-0.15, -0.1) is 0 Å². The van der Waals surface area contributed by atoms with Crippen LogP contribution in [0.15, 0.2) is 36.7 Å². The predicted octanol–water partition coefficient (Wildman–Crippen LogP) is 3.50. The Hall–Kier alpha value is -1.71. The van der Waals surface area contributed by atoms with Crippen molar-refractivity contribution in [2.75, 3.05) is 32.7 Å². The topological polar surface area (TPSA) is 19.4 Å². The van der Waals surface area contributed by atoms with Gasteiger partial charge in [-0.2, -0.15) is 0 Å². The van der Waals surface area contributed by atoms with Crippen LogP contribution < -0.4 is 0 Å². The maximum Gasteiger partial charge on any atom is 0.0346 e. The Morgan fingerprint density at radius 3 is 2.43 bits per heavy atom. The van der Waals surface area contributed by atoms with Crippen molar-refractivity contribution >= 4 is 0 Å². The number of rotatable bonds is 4. The lowest BCUT2D eigenvalue weighted by atomic mass is 9.99. The van der Waals surface area contributed by atoms with Crippen LogP contribution in [0, 0.1) is 13.8 Å². The van der Waals surface area contributed by atoms with E-state index in [9.17, 15) is 0 Å². The first-order chi connectivity index (χ1) is 11.2. The standard InChI is InChI=1S/C20H27N3/c1-4-22-7-9-23(10-8-22)15-18-12-19(14-21-13-18)20-11-16(2)5-6-17(20)3/h5-6,11-14H,4,7-10,15H2,1-3H3. The Morgan fingerprint density at radius 2 is 1.70 bits per heavy atom. The van der Waals surface area contributed by atoms with Gasteiger partial charge in [0.2, 0.25) is 0 Å². The van der Waals surface area contributed by atoms with Gasteiger partial charge >= 0.3 is 0 Å². The van der Waals surface area contributed by atoms with Crippen molar-refractivity contribution < 1.29 is 0 Å². The van der Waals surface area contributed by atoms with E-state index in [0.717, 1.165) is 26.2 Å². The number of benzene rings is 1. The molecule has 3 nitrogen and oxygen atoms in total. The molecule has 0 saturated carbocycles. The third kappa shape index (κ3) is 3.98. The Balaban J connectivity index is 1.74. The zero-order valence-corrected chi connectivity index (χ0v) is 14.5. The van der Waals surface area contributed by atoms with Gasteiger partial charge in [0.05, 0.1) is 0 Å². The maximum absolute atomic E-state index is 4.49. The van der Waals surface area contributed by atoms with Gasteiger partial charge in [0.15, 0.2) is 0 Å². The van der Waals surface area contributed by atoms with E-state index in [2.05, 4.69) is 59.8 Å². The van der Waals surface area contributed by atoms with Crippen LogP contribution in [0.2, 0.25) is 0 Å². The summed E-state index contributed by atoms with van der Waals surface area (Å²) in [7, 11) is 0. The van der Waals surface area contributed by atoms with Crippen molar-refractivity contribution in [2.45, 2.75) is 27.3 Å². The molecular weight excluding hydrogens is 282 g/mol. The molecule has 3 heteroatoms. The molecule has 1 aromatic carbocycles.